The van der Waals surface area contributed by atoms with Crippen LogP contribution in [0.5, 0.6) is 0 Å². The Balaban J connectivity index is 2.12. The number of hydrogen-bond donors (Lipinski definition) is 0. The van der Waals surface area contributed by atoms with E-state index in [1.54, 1.807) is 12.4 Å². The average molecular weight is 367 g/mol. The predicted molar refractivity (Wildman–Crippen MR) is 96.8 cm³/mol. The molecule has 0 aliphatic rings. The van der Waals surface area contributed by atoms with E-state index in [0.29, 0.717) is 11.4 Å². The number of unbranched alkanes of at least 4 members (excludes halogenated alkanes) is 2. The lowest BCUT2D eigenvalue weighted by Gasteiger charge is -2.07. The van der Waals surface area contributed by atoms with Crippen LogP contribution >= 0.6 is 21.6 Å². The topological polar surface area (TPSA) is 69.8 Å². The van der Waals surface area contributed by atoms with E-state index in [-0.39, 0.29) is 0 Å². The second-order valence-electron chi connectivity index (χ2n) is 5.39. The summed E-state index contributed by atoms with van der Waals surface area (Å²) in [4.78, 5) is 30.7. The number of aromatic nitrogens is 4. The smallest absolute Gasteiger partial charge is 0.179 e. The van der Waals surface area contributed by atoms with Crippen molar-refractivity contribution >= 4 is 34.2 Å². The maximum Gasteiger partial charge on any atom is 0.179 e. The Morgan fingerprint density at radius 3 is 1.62 bits per heavy atom. The van der Waals surface area contributed by atoms with Gasteiger partial charge in [0.05, 0.1) is 0 Å². The third-order valence-electron chi connectivity index (χ3n) is 3.45. The van der Waals surface area contributed by atoms with Gasteiger partial charge in [-0.3, -0.25) is 9.59 Å². The first kappa shape index (κ1) is 18.8. The molecule has 0 saturated heterocycles. The quantitative estimate of drug-likeness (QED) is 0.440. The maximum atomic E-state index is 11.0. The van der Waals surface area contributed by atoms with E-state index in [2.05, 4.69) is 23.8 Å². The van der Waals surface area contributed by atoms with E-state index in [0.717, 1.165) is 61.7 Å². The van der Waals surface area contributed by atoms with Crippen molar-refractivity contribution in [2.24, 2.45) is 0 Å². The summed E-state index contributed by atoms with van der Waals surface area (Å²) in [6.45, 7) is 5.93. The summed E-state index contributed by atoms with van der Waals surface area (Å²) in [5.41, 5.74) is 0.884. The van der Waals surface area contributed by atoms with Crippen LogP contribution < -0.4 is 0 Å². The zero-order valence-electron chi connectivity index (χ0n) is 14.0. The molecule has 24 heavy (non-hydrogen) atoms. The molecule has 0 bridgehead atoms. The molecule has 0 amide bonds. The van der Waals surface area contributed by atoms with Gasteiger partial charge in [0.2, 0.25) is 0 Å². The summed E-state index contributed by atoms with van der Waals surface area (Å²) < 4.78 is 4.01. The van der Waals surface area contributed by atoms with Gasteiger partial charge < -0.3 is 9.13 Å². The third kappa shape index (κ3) is 4.98. The molecular formula is C16H22N4O2S2. The minimum absolute atomic E-state index is 0.442. The summed E-state index contributed by atoms with van der Waals surface area (Å²) in [7, 11) is 2.94. The lowest BCUT2D eigenvalue weighted by atomic mass is 10.3. The van der Waals surface area contributed by atoms with E-state index in [1.165, 1.54) is 21.6 Å². The molecule has 0 aliphatic carbocycles. The molecule has 0 aromatic carbocycles. The number of nitrogens with zero attached hydrogens (tertiary/aromatic N) is 4. The largest absolute Gasteiger partial charge is 0.325 e. The minimum atomic E-state index is 0.442. The fraction of sp³-hybridized carbons (Fsp3) is 0.500. The second kappa shape index (κ2) is 9.68. The van der Waals surface area contributed by atoms with Crippen LogP contribution in [-0.2, 0) is 13.1 Å². The summed E-state index contributed by atoms with van der Waals surface area (Å²) in [6.07, 6.45) is 9.33. The van der Waals surface area contributed by atoms with Crippen molar-refractivity contribution in [1.29, 1.82) is 0 Å². The molecule has 2 heterocycles. The molecule has 2 aromatic heterocycles. The van der Waals surface area contributed by atoms with Gasteiger partial charge in [-0.2, -0.15) is 0 Å². The average Bonchev–Trinajstić information content (AvgIpc) is 3.19. The SMILES string of the molecule is CCCCn1cc(C=O)nc1SSc1nc(C=O)cn1CCCC. The van der Waals surface area contributed by atoms with Crippen molar-refractivity contribution in [2.45, 2.75) is 62.9 Å². The van der Waals surface area contributed by atoms with Crippen LogP contribution in [0.15, 0.2) is 22.7 Å². The number of rotatable bonds is 11. The van der Waals surface area contributed by atoms with Crippen molar-refractivity contribution in [3.8, 4) is 0 Å². The standard InChI is InChI=1S/C16H22N4O2S2/c1-3-5-7-19-9-13(11-21)17-15(19)23-24-16-18-14(12-22)10-20(16)8-6-4-2/h9-12H,3-8H2,1-2H3. The van der Waals surface area contributed by atoms with Gasteiger partial charge in [0.1, 0.15) is 11.4 Å². The van der Waals surface area contributed by atoms with Gasteiger partial charge in [0, 0.05) is 25.5 Å². The summed E-state index contributed by atoms with van der Waals surface area (Å²) in [6, 6.07) is 0. The third-order valence-corrected chi connectivity index (χ3v) is 5.63. The van der Waals surface area contributed by atoms with Gasteiger partial charge >= 0.3 is 0 Å². The Morgan fingerprint density at radius 2 is 1.29 bits per heavy atom. The molecule has 0 atom stereocenters. The molecular weight excluding hydrogens is 344 g/mol. The van der Waals surface area contributed by atoms with E-state index in [9.17, 15) is 9.59 Å². The van der Waals surface area contributed by atoms with E-state index < -0.39 is 0 Å². The van der Waals surface area contributed by atoms with Crippen LogP contribution in [-0.4, -0.2) is 31.7 Å². The first-order valence-electron chi connectivity index (χ1n) is 8.11. The Hall–Kier alpha value is -1.54. The number of hydrogen-bond acceptors (Lipinski definition) is 6. The maximum absolute atomic E-state index is 11.0. The number of aryl methyl sites for hydroxylation is 2. The van der Waals surface area contributed by atoms with Crippen LogP contribution in [0.3, 0.4) is 0 Å². The molecule has 0 aliphatic heterocycles. The van der Waals surface area contributed by atoms with Crippen molar-refractivity contribution in [2.75, 3.05) is 0 Å². The highest BCUT2D eigenvalue weighted by molar-refractivity contribution is 8.76. The Kier molecular flexibility index (Phi) is 7.58. The molecule has 0 saturated carbocycles. The number of carbonyl (C=O) groups excluding carboxylic acids is 2. The van der Waals surface area contributed by atoms with Crippen molar-refractivity contribution < 1.29 is 9.59 Å². The van der Waals surface area contributed by atoms with Gasteiger partial charge in [-0.05, 0) is 34.4 Å². The lowest BCUT2D eigenvalue weighted by molar-refractivity contribution is 0.111. The summed E-state index contributed by atoms with van der Waals surface area (Å²) in [5, 5.41) is 1.57. The molecule has 2 aromatic rings. The minimum Gasteiger partial charge on any atom is -0.325 e. The highest BCUT2D eigenvalue weighted by Gasteiger charge is 2.13. The van der Waals surface area contributed by atoms with E-state index in [4.69, 9.17) is 0 Å². The lowest BCUT2D eigenvalue weighted by Crippen LogP contribution is -1.99. The first-order chi connectivity index (χ1) is 11.7. The predicted octanol–water partition coefficient (Wildman–Crippen LogP) is 4.10. The molecule has 0 fully saturated rings. The molecule has 130 valence electrons. The summed E-state index contributed by atoms with van der Waals surface area (Å²) >= 11 is 0. The highest BCUT2D eigenvalue weighted by Crippen LogP contribution is 2.36. The van der Waals surface area contributed by atoms with Gasteiger partial charge in [-0.15, -0.1) is 0 Å². The normalized spacial score (nSPS) is 10.9. The fourth-order valence-electron chi connectivity index (χ4n) is 2.14. The summed E-state index contributed by atoms with van der Waals surface area (Å²) in [5.74, 6) is 0. The van der Waals surface area contributed by atoms with Gasteiger partial charge in [0.25, 0.3) is 0 Å². The molecule has 0 unspecified atom stereocenters. The van der Waals surface area contributed by atoms with Crippen LogP contribution in [0.25, 0.3) is 0 Å². The second-order valence-corrected chi connectivity index (χ2v) is 7.46. The van der Waals surface area contributed by atoms with Crippen LogP contribution in [0.2, 0.25) is 0 Å². The van der Waals surface area contributed by atoms with Crippen molar-refractivity contribution in [3.63, 3.8) is 0 Å². The van der Waals surface area contributed by atoms with Gasteiger partial charge in [-0.25, -0.2) is 9.97 Å². The highest BCUT2D eigenvalue weighted by atomic mass is 33.1. The monoisotopic (exact) mass is 366 g/mol. The van der Waals surface area contributed by atoms with Crippen LogP contribution in [0.1, 0.15) is 60.5 Å². The van der Waals surface area contributed by atoms with Crippen LogP contribution in [0, 0.1) is 0 Å². The number of carbonyl (C=O) groups is 2. The Labute approximate surface area is 149 Å². The van der Waals surface area contributed by atoms with Gasteiger partial charge in [-0.1, -0.05) is 26.7 Å². The number of imidazole rings is 2. The Morgan fingerprint density at radius 1 is 0.875 bits per heavy atom. The Bertz CT molecular complexity index is 623. The molecule has 0 N–H and O–H groups in total. The molecule has 8 heteroatoms. The number of aldehydes is 2. The molecule has 2 rings (SSSR count). The molecule has 6 nitrogen and oxygen atoms in total. The zero-order chi connectivity index (χ0) is 17.4. The molecule has 0 spiro atoms. The zero-order valence-corrected chi connectivity index (χ0v) is 15.6. The van der Waals surface area contributed by atoms with Gasteiger partial charge in [0.15, 0.2) is 22.9 Å². The van der Waals surface area contributed by atoms with Crippen molar-refractivity contribution in [3.05, 3.63) is 23.8 Å². The van der Waals surface area contributed by atoms with E-state index >= 15 is 0 Å². The molecule has 0 radical (unpaired) electrons. The fourth-order valence-corrected chi connectivity index (χ4v) is 4.29. The van der Waals surface area contributed by atoms with E-state index in [1.807, 2.05) is 9.13 Å². The van der Waals surface area contributed by atoms with Crippen LogP contribution in [0.4, 0.5) is 0 Å². The van der Waals surface area contributed by atoms with Crippen molar-refractivity contribution in [1.82, 2.24) is 19.1 Å². The first-order valence-corrected chi connectivity index (χ1v) is 10.3.